The molecule has 0 bridgehead atoms. The molecule has 0 aliphatic carbocycles. The van der Waals surface area contributed by atoms with Crippen molar-refractivity contribution in [2.45, 2.75) is 38.1 Å². The van der Waals surface area contributed by atoms with Crippen molar-refractivity contribution in [3.63, 3.8) is 0 Å². The second-order valence-corrected chi connectivity index (χ2v) is 7.03. The molecule has 1 atom stereocenters. The second-order valence-electron chi connectivity index (χ2n) is 7.03. The van der Waals surface area contributed by atoms with Gasteiger partial charge < -0.3 is 10.6 Å². The van der Waals surface area contributed by atoms with Crippen LogP contribution in [-0.2, 0) is 5.41 Å². The van der Waals surface area contributed by atoms with Gasteiger partial charge in [-0.05, 0) is 51.2 Å². The van der Waals surface area contributed by atoms with Gasteiger partial charge in [0.15, 0.2) is 0 Å². The summed E-state index contributed by atoms with van der Waals surface area (Å²) in [5.41, 5.74) is 8.18. The van der Waals surface area contributed by atoms with Crippen molar-refractivity contribution in [2.75, 3.05) is 39.5 Å². The standard InChI is InChI=1S/C17H29N3/c1-17(2,14-7-9-15(18)10-8-14)13-20-11-5-6-16(20)12-19(3)4/h7-10,16H,5-6,11-13,18H2,1-4H3. The zero-order valence-corrected chi connectivity index (χ0v) is 13.4. The van der Waals surface area contributed by atoms with E-state index in [0.29, 0.717) is 6.04 Å². The summed E-state index contributed by atoms with van der Waals surface area (Å²) in [4.78, 5) is 4.97. The van der Waals surface area contributed by atoms with Gasteiger partial charge in [0.2, 0.25) is 0 Å². The van der Waals surface area contributed by atoms with E-state index in [0.717, 1.165) is 18.8 Å². The highest BCUT2D eigenvalue weighted by Crippen LogP contribution is 2.29. The molecule has 1 aromatic rings. The maximum Gasteiger partial charge on any atom is 0.0314 e. The number of benzene rings is 1. The minimum atomic E-state index is 0.169. The van der Waals surface area contributed by atoms with Crippen LogP contribution in [0, 0.1) is 0 Å². The number of likely N-dealkylation sites (N-methyl/N-ethyl adjacent to an activating group) is 1. The third kappa shape index (κ3) is 3.74. The van der Waals surface area contributed by atoms with Crippen LogP contribution in [0.5, 0.6) is 0 Å². The van der Waals surface area contributed by atoms with Gasteiger partial charge in [-0.1, -0.05) is 26.0 Å². The van der Waals surface area contributed by atoms with Gasteiger partial charge >= 0.3 is 0 Å². The first-order valence-corrected chi connectivity index (χ1v) is 7.63. The summed E-state index contributed by atoms with van der Waals surface area (Å²) >= 11 is 0. The van der Waals surface area contributed by atoms with Gasteiger partial charge in [-0.2, -0.15) is 0 Å². The van der Waals surface area contributed by atoms with Crippen molar-refractivity contribution in [3.8, 4) is 0 Å². The van der Waals surface area contributed by atoms with Crippen LogP contribution in [0.1, 0.15) is 32.3 Å². The van der Waals surface area contributed by atoms with E-state index in [1.807, 2.05) is 12.1 Å². The summed E-state index contributed by atoms with van der Waals surface area (Å²) in [6.45, 7) is 8.19. The lowest BCUT2D eigenvalue weighted by Gasteiger charge is -2.35. The highest BCUT2D eigenvalue weighted by atomic mass is 15.2. The van der Waals surface area contributed by atoms with Crippen molar-refractivity contribution in [1.29, 1.82) is 0 Å². The first-order valence-electron chi connectivity index (χ1n) is 7.63. The predicted molar refractivity (Wildman–Crippen MR) is 87.0 cm³/mol. The maximum absolute atomic E-state index is 5.79. The monoisotopic (exact) mass is 275 g/mol. The number of rotatable bonds is 5. The van der Waals surface area contributed by atoms with Crippen LogP contribution >= 0.6 is 0 Å². The van der Waals surface area contributed by atoms with E-state index in [9.17, 15) is 0 Å². The smallest absolute Gasteiger partial charge is 0.0314 e. The van der Waals surface area contributed by atoms with Gasteiger partial charge in [-0.15, -0.1) is 0 Å². The van der Waals surface area contributed by atoms with Gasteiger partial charge in [0, 0.05) is 30.2 Å². The number of likely N-dealkylation sites (tertiary alicyclic amines) is 1. The second kappa shape index (κ2) is 6.15. The summed E-state index contributed by atoms with van der Waals surface area (Å²) in [6, 6.07) is 9.08. The van der Waals surface area contributed by atoms with Gasteiger partial charge in [0.1, 0.15) is 0 Å². The topological polar surface area (TPSA) is 32.5 Å². The van der Waals surface area contributed by atoms with Crippen LogP contribution in [0.2, 0.25) is 0 Å². The fourth-order valence-corrected chi connectivity index (χ4v) is 3.26. The molecule has 1 saturated heterocycles. The van der Waals surface area contributed by atoms with E-state index in [2.05, 4.69) is 49.9 Å². The molecule has 0 radical (unpaired) electrons. The summed E-state index contributed by atoms with van der Waals surface area (Å²) in [7, 11) is 4.34. The molecule has 1 aliphatic rings. The normalized spacial score (nSPS) is 20.8. The van der Waals surface area contributed by atoms with Crippen LogP contribution in [0.4, 0.5) is 5.69 Å². The largest absolute Gasteiger partial charge is 0.399 e. The molecule has 2 N–H and O–H groups in total. The molecule has 0 spiro atoms. The van der Waals surface area contributed by atoms with E-state index >= 15 is 0 Å². The molecule has 1 aliphatic heterocycles. The SMILES string of the molecule is CN(C)CC1CCCN1CC(C)(C)c1ccc(N)cc1. The van der Waals surface area contributed by atoms with Crippen molar-refractivity contribution in [1.82, 2.24) is 9.80 Å². The lowest BCUT2D eigenvalue weighted by atomic mass is 9.84. The number of hydrogen-bond acceptors (Lipinski definition) is 3. The number of anilines is 1. The van der Waals surface area contributed by atoms with Gasteiger partial charge in [-0.3, -0.25) is 4.90 Å². The lowest BCUT2D eigenvalue weighted by molar-refractivity contribution is 0.176. The van der Waals surface area contributed by atoms with Crippen LogP contribution < -0.4 is 5.73 Å². The Morgan fingerprint density at radius 1 is 1.25 bits per heavy atom. The quantitative estimate of drug-likeness (QED) is 0.838. The summed E-state index contributed by atoms with van der Waals surface area (Å²) in [6.07, 6.45) is 2.66. The fraction of sp³-hybridized carbons (Fsp3) is 0.647. The van der Waals surface area contributed by atoms with E-state index < -0.39 is 0 Å². The van der Waals surface area contributed by atoms with Crippen LogP contribution in [0.25, 0.3) is 0 Å². The van der Waals surface area contributed by atoms with E-state index in [1.165, 1.54) is 24.9 Å². The molecule has 1 aromatic carbocycles. The number of nitrogens with two attached hydrogens (primary N) is 1. The minimum Gasteiger partial charge on any atom is -0.399 e. The van der Waals surface area contributed by atoms with E-state index in [4.69, 9.17) is 5.73 Å². The van der Waals surface area contributed by atoms with Crippen molar-refractivity contribution in [2.24, 2.45) is 0 Å². The zero-order valence-electron chi connectivity index (χ0n) is 13.4. The molecule has 3 heteroatoms. The van der Waals surface area contributed by atoms with Crippen LogP contribution in [0.3, 0.4) is 0 Å². The first kappa shape index (κ1) is 15.3. The van der Waals surface area contributed by atoms with Crippen molar-refractivity contribution in [3.05, 3.63) is 29.8 Å². The Morgan fingerprint density at radius 2 is 1.90 bits per heavy atom. The van der Waals surface area contributed by atoms with Crippen molar-refractivity contribution >= 4 is 5.69 Å². The molecule has 1 fully saturated rings. The Hall–Kier alpha value is -1.06. The minimum absolute atomic E-state index is 0.169. The Balaban J connectivity index is 2.05. The molecule has 2 rings (SSSR count). The number of nitrogen functional groups attached to an aromatic ring is 1. The van der Waals surface area contributed by atoms with E-state index in [-0.39, 0.29) is 5.41 Å². The molecule has 3 nitrogen and oxygen atoms in total. The van der Waals surface area contributed by atoms with Gasteiger partial charge in [0.25, 0.3) is 0 Å². The molecule has 112 valence electrons. The molecule has 0 aromatic heterocycles. The molecule has 1 unspecified atom stereocenters. The molecule has 20 heavy (non-hydrogen) atoms. The van der Waals surface area contributed by atoms with Crippen molar-refractivity contribution < 1.29 is 0 Å². The summed E-state index contributed by atoms with van der Waals surface area (Å²) in [5.74, 6) is 0. The number of nitrogens with zero attached hydrogens (tertiary/aromatic N) is 2. The Kier molecular flexibility index (Phi) is 4.71. The Morgan fingerprint density at radius 3 is 2.50 bits per heavy atom. The molecule has 1 heterocycles. The molecular formula is C17H29N3. The third-order valence-corrected chi connectivity index (χ3v) is 4.37. The molecule has 0 saturated carbocycles. The lowest BCUT2D eigenvalue weighted by Crippen LogP contribution is -2.43. The highest BCUT2D eigenvalue weighted by molar-refractivity contribution is 5.41. The third-order valence-electron chi connectivity index (χ3n) is 4.37. The summed E-state index contributed by atoms with van der Waals surface area (Å²) in [5, 5.41) is 0. The van der Waals surface area contributed by atoms with Crippen LogP contribution in [0.15, 0.2) is 24.3 Å². The zero-order chi connectivity index (χ0) is 14.8. The average Bonchev–Trinajstić information content (AvgIpc) is 2.75. The molecular weight excluding hydrogens is 246 g/mol. The predicted octanol–water partition coefficient (Wildman–Crippen LogP) is 2.57. The Labute approximate surface area is 123 Å². The average molecular weight is 275 g/mol. The Bertz CT molecular complexity index is 422. The first-order chi connectivity index (χ1) is 9.38. The van der Waals surface area contributed by atoms with Gasteiger partial charge in [-0.25, -0.2) is 0 Å². The van der Waals surface area contributed by atoms with Gasteiger partial charge in [0.05, 0.1) is 0 Å². The molecule has 0 amide bonds. The maximum atomic E-state index is 5.79. The number of hydrogen-bond donors (Lipinski definition) is 1. The highest BCUT2D eigenvalue weighted by Gasteiger charge is 2.31. The fourth-order valence-electron chi connectivity index (χ4n) is 3.26. The van der Waals surface area contributed by atoms with E-state index in [1.54, 1.807) is 0 Å². The summed E-state index contributed by atoms with van der Waals surface area (Å²) < 4.78 is 0. The van der Waals surface area contributed by atoms with Crippen LogP contribution in [-0.4, -0.2) is 49.6 Å².